The lowest BCUT2D eigenvalue weighted by Crippen LogP contribution is -2.39. The molecule has 0 saturated heterocycles. The monoisotopic (exact) mass is 384 g/mol. The van der Waals surface area contributed by atoms with Gasteiger partial charge in [-0.15, -0.1) is 0 Å². The van der Waals surface area contributed by atoms with Crippen LogP contribution in [0.25, 0.3) is 0 Å². The van der Waals surface area contributed by atoms with Gasteiger partial charge in [0.2, 0.25) is 5.91 Å². The molecule has 8 heteroatoms. The number of carboxylic acid groups (broad SMARTS) is 2. The van der Waals surface area contributed by atoms with Crippen molar-refractivity contribution in [2.24, 2.45) is 0 Å². The molecule has 2 rings (SSSR count). The highest BCUT2D eigenvalue weighted by Gasteiger charge is 2.19. The van der Waals surface area contributed by atoms with E-state index in [1.807, 2.05) is 26.1 Å². The van der Waals surface area contributed by atoms with Crippen molar-refractivity contribution < 1.29 is 24.6 Å². The van der Waals surface area contributed by atoms with Gasteiger partial charge in [-0.1, -0.05) is 36.9 Å². The van der Waals surface area contributed by atoms with Gasteiger partial charge in [0.05, 0.1) is 6.54 Å². The number of aliphatic carboxylic acids is 2. The molecule has 1 amide bonds. The lowest BCUT2D eigenvalue weighted by molar-refractivity contribution is -0.159. The smallest absolute Gasteiger partial charge is 0.414 e. The average molecular weight is 385 g/mol. The number of carbonyl (C=O) groups excluding carboxylic acids is 1. The van der Waals surface area contributed by atoms with Gasteiger partial charge < -0.3 is 15.5 Å². The van der Waals surface area contributed by atoms with E-state index in [0.29, 0.717) is 17.6 Å². The molecule has 3 N–H and O–H groups in total. The highest BCUT2D eigenvalue weighted by molar-refractivity contribution is 6.31. The number of aryl methyl sites for hydroxylation is 1. The maximum atomic E-state index is 12.1. The normalized spacial score (nSPS) is 14.3. The largest absolute Gasteiger partial charge is 0.473 e. The van der Waals surface area contributed by atoms with Gasteiger partial charge in [-0.05, 0) is 44.5 Å². The molecule has 0 atom stereocenters. The van der Waals surface area contributed by atoms with E-state index in [2.05, 4.69) is 10.2 Å². The van der Waals surface area contributed by atoms with Gasteiger partial charge in [0.25, 0.3) is 0 Å². The van der Waals surface area contributed by atoms with E-state index in [-0.39, 0.29) is 5.91 Å². The summed E-state index contributed by atoms with van der Waals surface area (Å²) in [6, 6.07) is 6.16. The fourth-order valence-electron chi connectivity index (χ4n) is 2.75. The van der Waals surface area contributed by atoms with Crippen LogP contribution in [0.15, 0.2) is 18.2 Å². The summed E-state index contributed by atoms with van der Waals surface area (Å²) in [4.78, 5) is 32.4. The standard InChI is InChI=1S/C16H23ClN2O.C2H2O4/c1-12-8-9-13(10-15(12)17)18-16(20)11-19(2)14-6-4-3-5-7-14;3-1(4)2(5)6/h8-10,14H,3-7,11H2,1-2H3,(H,18,20);(H,3,4)(H,5,6). The number of anilines is 1. The Hall–Kier alpha value is -2.12. The van der Waals surface area contributed by atoms with Crippen LogP contribution in [-0.4, -0.2) is 52.6 Å². The van der Waals surface area contributed by atoms with E-state index in [1.165, 1.54) is 32.1 Å². The average Bonchev–Trinajstić information content (AvgIpc) is 2.59. The Kier molecular flexibility index (Phi) is 9.09. The molecular weight excluding hydrogens is 360 g/mol. The molecule has 1 aliphatic carbocycles. The molecule has 0 aliphatic heterocycles. The first-order valence-electron chi connectivity index (χ1n) is 8.43. The van der Waals surface area contributed by atoms with Crippen LogP contribution < -0.4 is 5.32 Å². The van der Waals surface area contributed by atoms with Crippen molar-refractivity contribution in [2.45, 2.75) is 45.1 Å². The summed E-state index contributed by atoms with van der Waals surface area (Å²) in [5, 5.41) is 18.4. The summed E-state index contributed by atoms with van der Waals surface area (Å²) in [7, 11) is 2.04. The van der Waals surface area contributed by atoms with Crippen LogP contribution in [0.5, 0.6) is 0 Å². The fourth-order valence-corrected chi connectivity index (χ4v) is 2.93. The quantitative estimate of drug-likeness (QED) is 0.689. The molecule has 0 bridgehead atoms. The number of rotatable bonds is 4. The van der Waals surface area contributed by atoms with Gasteiger partial charge >= 0.3 is 11.9 Å². The predicted molar refractivity (Wildman–Crippen MR) is 99.6 cm³/mol. The number of benzene rings is 1. The number of likely N-dealkylation sites (N-methyl/N-ethyl adjacent to an activating group) is 1. The Morgan fingerprint density at radius 3 is 2.23 bits per heavy atom. The third kappa shape index (κ3) is 7.84. The van der Waals surface area contributed by atoms with Gasteiger partial charge in [0, 0.05) is 16.8 Å². The predicted octanol–water partition coefficient (Wildman–Crippen LogP) is 3.01. The van der Waals surface area contributed by atoms with E-state index in [0.717, 1.165) is 11.3 Å². The summed E-state index contributed by atoms with van der Waals surface area (Å²) in [6.07, 6.45) is 6.31. The second-order valence-corrected chi connectivity index (χ2v) is 6.74. The molecule has 26 heavy (non-hydrogen) atoms. The summed E-state index contributed by atoms with van der Waals surface area (Å²) in [5.41, 5.74) is 1.78. The van der Waals surface area contributed by atoms with Crippen molar-refractivity contribution in [3.05, 3.63) is 28.8 Å². The highest BCUT2D eigenvalue weighted by atomic mass is 35.5. The lowest BCUT2D eigenvalue weighted by Gasteiger charge is -2.30. The zero-order valence-corrected chi connectivity index (χ0v) is 15.8. The first kappa shape index (κ1) is 21.9. The molecule has 1 aromatic carbocycles. The van der Waals surface area contributed by atoms with Crippen molar-refractivity contribution in [1.82, 2.24) is 4.90 Å². The maximum absolute atomic E-state index is 12.1. The molecule has 0 aromatic heterocycles. The molecule has 1 aromatic rings. The van der Waals surface area contributed by atoms with Crippen molar-refractivity contribution in [1.29, 1.82) is 0 Å². The zero-order chi connectivity index (χ0) is 19.7. The third-order valence-corrected chi connectivity index (χ3v) is 4.64. The number of nitrogens with one attached hydrogen (secondary N) is 1. The highest BCUT2D eigenvalue weighted by Crippen LogP contribution is 2.22. The van der Waals surface area contributed by atoms with E-state index >= 15 is 0 Å². The van der Waals surface area contributed by atoms with Crippen LogP contribution in [0.4, 0.5) is 5.69 Å². The molecule has 0 spiro atoms. The Morgan fingerprint density at radius 2 is 1.73 bits per heavy atom. The maximum Gasteiger partial charge on any atom is 0.414 e. The Labute approximate surface area is 157 Å². The number of amides is 1. The van der Waals surface area contributed by atoms with E-state index in [1.54, 1.807) is 6.07 Å². The third-order valence-electron chi connectivity index (χ3n) is 4.23. The number of nitrogens with zero attached hydrogens (tertiary/aromatic N) is 1. The first-order chi connectivity index (χ1) is 12.2. The van der Waals surface area contributed by atoms with Crippen LogP contribution in [0.1, 0.15) is 37.7 Å². The van der Waals surface area contributed by atoms with Crippen molar-refractivity contribution in [3.8, 4) is 0 Å². The zero-order valence-electron chi connectivity index (χ0n) is 15.0. The van der Waals surface area contributed by atoms with Gasteiger partial charge in [0.15, 0.2) is 0 Å². The molecule has 1 fully saturated rings. The van der Waals surface area contributed by atoms with Gasteiger partial charge in [0.1, 0.15) is 0 Å². The van der Waals surface area contributed by atoms with Crippen LogP contribution in [0.2, 0.25) is 5.02 Å². The summed E-state index contributed by atoms with van der Waals surface area (Å²) < 4.78 is 0. The van der Waals surface area contributed by atoms with E-state index < -0.39 is 11.9 Å². The van der Waals surface area contributed by atoms with Crippen LogP contribution in [-0.2, 0) is 14.4 Å². The number of hydrogen-bond donors (Lipinski definition) is 3. The number of carbonyl (C=O) groups is 3. The molecule has 0 radical (unpaired) electrons. The van der Waals surface area contributed by atoms with Crippen molar-refractivity contribution in [3.63, 3.8) is 0 Å². The van der Waals surface area contributed by atoms with Gasteiger partial charge in [-0.3, -0.25) is 9.69 Å². The summed E-state index contributed by atoms with van der Waals surface area (Å²) in [5.74, 6) is -3.62. The fraction of sp³-hybridized carbons (Fsp3) is 0.500. The van der Waals surface area contributed by atoms with Crippen LogP contribution in [0, 0.1) is 6.92 Å². The van der Waals surface area contributed by atoms with Crippen molar-refractivity contribution >= 4 is 35.1 Å². The second-order valence-electron chi connectivity index (χ2n) is 6.33. The lowest BCUT2D eigenvalue weighted by atomic mass is 9.94. The first-order valence-corrected chi connectivity index (χ1v) is 8.81. The number of hydrogen-bond acceptors (Lipinski definition) is 4. The second kappa shape index (κ2) is 10.8. The summed E-state index contributed by atoms with van der Waals surface area (Å²) >= 11 is 6.06. The minimum atomic E-state index is -1.82. The van der Waals surface area contributed by atoms with Crippen molar-refractivity contribution in [2.75, 3.05) is 18.9 Å². The minimum absolute atomic E-state index is 0.0259. The topological polar surface area (TPSA) is 107 Å². The Balaban J connectivity index is 0.000000487. The van der Waals surface area contributed by atoms with Crippen LogP contribution in [0.3, 0.4) is 0 Å². The SMILES string of the molecule is Cc1ccc(NC(=O)CN(C)C2CCCCC2)cc1Cl.O=C(O)C(=O)O. The van der Waals surface area contributed by atoms with Gasteiger partial charge in [-0.2, -0.15) is 0 Å². The molecule has 144 valence electrons. The summed E-state index contributed by atoms with van der Waals surface area (Å²) in [6.45, 7) is 2.39. The number of carboxylic acids is 2. The molecule has 7 nitrogen and oxygen atoms in total. The molecule has 1 saturated carbocycles. The minimum Gasteiger partial charge on any atom is -0.473 e. The molecule has 0 unspecified atom stereocenters. The van der Waals surface area contributed by atoms with E-state index in [4.69, 9.17) is 31.4 Å². The number of halogens is 1. The molecule has 1 aliphatic rings. The van der Waals surface area contributed by atoms with E-state index in [9.17, 15) is 4.79 Å². The Morgan fingerprint density at radius 1 is 1.15 bits per heavy atom. The van der Waals surface area contributed by atoms with Crippen LogP contribution >= 0.6 is 11.6 Å². The van der Waals surface area contributed by atoms with Gasteiger partial charge in [-0.25, -0.2) is 9.59 Å². The molecule has 0 heterocycles. The molecular formula is C18H25ClN2O5. The Bertz CT molecular complexity index is 632.